The molecule has 0 radical (unpaired) electrons. The molecule has 1 aromatic rings. The van der Waals surface area contributed by atoms with E-state index in [1.54, 1.807) is 0 Å². The lowest BCUT2D eigenvalue weighted by Gasteiger charge is -2.32. The first-order chi connectivity index (χ1) is 15.6. The van der Waals surface area contributed by atoms with Gasteiger partial charge in [0.25, 0.3) is 0 Å². The van der Waals surface area contributed by atoms with Gasteiger partial charge in [-0.05, 0) is 30.4 Å². The number of rotatable bonds is 11. The van der Waals surface area contributed by atoms with Crippen molar-refractivity contribution in [1.82, 2.24) is 0 Å². The van der Waals surface area contributed by atoms with Crippen LogP contribution in [0.15, 0.2) is 12.1 Å². The average Bonchev–Trinajstić information content (AvgIpc) is 2.81. The molecule has 2 aliphatic rings. The SMILES string of the molecule is CCCCCCCCC1CCC(CCC2COC(c3cc(F)c(C#N)c(F)c3)OC2)CC1. The second kappa shape index (κ2) is 13.3. The maximum absolute atomic E-state index is 13.9. The first-order valence-electron chi connectivity index (χ1n) is 12.7. The second-order valence-electron chi connectivity index (χ2n) is 9.86. The monoisotopic (exact) mass is 447 g/mol. The van der Waals surface area contributed by atoms with Crippen molar-refractivity contribution < 1.29 is 18.3 Å². The van der Waals surface area contributed by atoms with Gasteiger partial charge in [0.05, 0.1) is 13.2 Å². The van der Waals surface area contributed by atoms with Gasteiger partial charge in [-0.25, -0.2) is 8.78 Å². The van der Waals surface area contributed by atoms with E-state index in [-0.39, 0.29) is 0 Å². The Morgan fingerprint density at radius 3 is 1.94 bits per heavy atom. The first-order valence-corrected chi connectivity index (χ1v) is 12.7. The second-order valence-corrected chi connectivity index (χ2v) is 9.86. The normalized spacial score (nSPS) is 26.1. The molecule has 5 heteroatoms. The third-order valence-corrected chi connectivity index (χ3v) is 7.33. The summed E-state index contributed by atoms with van der Waals surface area (Å²) in [6.45, 7) is 3.36. The molecule has 0 unspecified atom stereocenters. The molecule has 0 bridgehead atoms. The van der Waals surface area contributed by atoms with Crippen LogP contribution in [-0.2, 0) is 9.47 Å². The maximum atomic E-state index is 13.9. The number of hydrogen-bond donors (Lipinski definition) is 0. The molecule has 1 saturated carbocycles. The fourth-order valence-corrected chi connectivity index (χ4v) is 5.23. The van der Waals surface area contributed by atoms with Gasteiger partial charge < -0.3 is 9.47 Å². The lowest BCUT2D eigenvalue weighted by molar-refractivity contribution is -0.206. The highest BCUT2D eigenvalue weighted by Gasteiger charge is 2.27. The summed E-state index contributed by atoms with van der Waals surface area (Å²) in [5, 5.41) is 8.80. The van der Waals surface area contributed by atoms with Crippen molar-refractivity contribution in [3.8, 4) is 6.07 Å². The minimum Gasteiger partial charge on any atom is -0.348 e. The maximum Gasteiger partial charge on any atom is 0.184 e. The number of ether oxygens (including phenoxy) is 2. The Bertz CT molecular complexity index is 709. The van der Waals surface area contributed by atoms with Crippen molar-refractivity contribution in [2.45, 2.75) is 96.7 Å². The number of hydrogen-bond acceptors (Lipinski definition) is 3. The van der Waals surface area contributed by atoms with Crippen LogP contribution in [-0.4, -0.2) is 13.2 Å². The molecule has 3 nitrogen and oxygen atoms in total. The van der Waals surface area contributed by atoms with Crippen molar-refractivity contribution in [2.75, 3.05) is 13.2 Å². The zero-order valence-electron chi connectivity index (χ0n) is 19.6. The number of halogens is 2. The Kier molecular flexibility index (Phi) is 10.4. The molecule has 1 aliphatic heterocycles. The van der Waals surface area contributed by atoms with Gasteiger partial charge >= 0.3 is 0 Å². The van der Waals surface area contributed by atoms with Crippen LogP contribution < -0.4 is 0 Å². The molecule has 0 N–H and O–H groups in total. The molecule has 1 aromatic carbocycles. The van der Waals surface area contributed by atoms with Crippen LogP contribution in [0, 0.1) is 40.7 Å². The van der Waals surface area contributed by atoms with E-state index in [2.05, 4.69) is 6.92 Å². The van der Waals surface area contributed by atoms with Gasteiger partial charge in [0.15, 0.2) is 6.29 Å². The Hall–Kier alpha value is -1.51. The molecule has 0 atom stereocenters. The zero-order chi connectivity index (χ0) is 22.8. The van der Waals surface area contributed by atoms with Gasteiger partial charge in [0, 0.05) is 11.5 Å². The number of unbranched alkanes of at least 4 members (excludes halogenated alkanes) is 5. The molecule has 32 heavy (non-hydrogen) atoms. The predicted octanol–water partition coefficient (Wildman–Crippen LogP) is 7.84. The topological polar surface area (TPSA) is 42.2 Å². The van der Waals surface area contributed by atoms with Gasteiger partial charge in [0.1, 0.15) is 23.3 Å². The lowest BCUT2D eigenvalue weighted by atomic mass is 9.77. The van der Waals surface area contributed by atoms with Gasteiger partial charge in [-0.1, -0.05) is 84.0 Å². The summed E-state index contributed by atoms with van der Waals surface area (Å²) in [7, 11) is 0. The average molecular weight is 448 g/mol. The van der Waals surface area contributed by atoms with Crippen molar-refractivity contribution >= 4 is 0 Å². The molecule has 2 fully saturated rings. The number of nitrogens with zero attached hydrogens (tertiary/aromatic N) is 1. The van der Waals surface area contributed by atoms with Crippen LogP contribution in [0.5, 0.6) is 0 Å². The van der Waals surface area contributed by atoms with Crippen molar-refractivity contribution in [3.05, 3.63) is 34.9 Å². The minimum atomic E-state index is -0.871. The van der Waals surface area contributed by atoms with E-state index in [0.29, 0.717) is 24.7 Å². The fourth-order valence-electron chi connectivity index (χ4n) is 5.23. The molecule has 1 heterocycles. The van der Waals surface area contributed by atoms with Crippen molar-refractivity contribution in [2.24, 2.45) is 17.8 Å². The number of nitriles is 1. The summed E-state index contributed by atoms with van der Waals surface area (Å²) >= 11 is 0. The summed E-state index contributed by atoms with van der Waals surface area (Å²) in [6.07, 6.45) is 16.7. The van der Waals surface area contributed by atoms with Gasteiger partial charge in [-0.2, -0.15) is 5.26 Å². The summed E-state index contributed by atoms with van der Waals surface area (Å²) in [6, 6.07) is 3.81. The van der Waals surface area contributed by atoms with E-state index in [1.165, 1.54) is 83.1 Å². The van der Waals surface area contributed by atoms with E-state index in [1.807, 2.05) is 0 Å². The summed E-state index contributed by atoms with van der Waals surface area (Å²) in [5.74, 6) is 0.344. The number of benzene rings is 1. The highest BCUT2D eigenvalue weighted by Crippen LogP contribution is 2.36. The van der Waals surface area contributed by atoms with Crippen LogP contribution in [0.3, 0.4) is 0 Å². The molecule has 0 amide bonds. The third kappa shape index (κ3) is 7.52. The van der Waals surface area contributed by atoms with E-state index in [4.69, 9.17) is 14.7 Å². The van der Waals surface area contributed by atoms with E-state index in [9.17, 15) is 8.78 Å². The Morgan fingerprint density at radius 1 is 0.812 bits per heavy atom. The fraction of sp³-hybridized carbons (Fsp3) is 0.741. The van der Waals surface area contributed by atoms with E-state index in [0.717, 1.165) is 30.4 Å². The van der Waals surface area contributed by atoms with Crippen LogP contribution in [0.4, 0.5) is 8.78 Å². The molecule has 3 rings (SSSR count). The highest BCUT2D eigenvalue weighted by atomic mass is 19.1. The van der Waals surface area contributed by atoms with Gasteiger partial charge in [-0.15, -0.1) is 0 Å². The minimum absolute atomic E-state index is 0.293. The lowest BCUT2D eigenvalue weighted by Crippen LogP contribution is -2.28. The molecular weight excluding hydrogens is 408 g/mol. The molecule has 0 spiro atoms. The van der Waals surface area contributed by atoms with Crippen molar-refractivity contribution in [1.29, 1.82) is 5.26 Å². The van der Waals surface area contributed by atoms with E-state index < -0.39 is 23.5 Å². The van der Waals surface area contributed by atoms with Crippen LogP contribution in [0.25, 0.3) is 0 Å². The van der Waals surface area contributed by atoms with Crippen LogP contribution in [0.2, 0.25) is 0 Å². The molecule has 1 aliphatic carbocycles. The highest BCUT2D eigenvalue weighted by molar-refractivity contribution is 5.35. The Labute approximate surface area is 192 Å². The Balaban J connectivity index is 1.30. The summed E-state index contributed by atoms with van der Waals surface area (Å²) in [4.78, 5) is 0. The molecule has 0 aromatic heterocycles. The van der Waals surface area contributed by atoms with Gasteiger partial charge in [-0.3, -0.25) is 0 Å². The standard InChI is InChI=1S/C27H39F2NO2/c1-2-3-4-5-6-7-8-20-9-11-21(12-10-20)13-14-22-18-31-27(32-19-22)23-15-25(28)24(17-30)26(29)16-23/h15-16,20-22,27H,2-14,18-19H2,1H3. The van der Waals surface area contributed by atoms with E-state index >= 15 is 0 Å². The Morgan fingerprint density at radius 2 is 1.34 bits per heavy atom. The third-order valence-electron chi connectivity index (χ3n) is 7.33. The first kappa shape index (κ1) is 25.1. The van der Waals surface area contributed by atoms with Crippen LogP contribution >= 0.6 is 0 Å². The quantitative estimate of drug-likeness (QED) is 0.325. The molecular formula is C27H39F2NO2. The molecule has 1 saturated heterocycles. The summed E-state index contributed by atoms with van der Waals surface area (Å²) < 4.78 is 39.2. The van der Waals surface area contributed by atoms with Crippen LogP contribution in [0.1, 0.15) is 108 Å². The largest absolute Gasteiger partial charge is 0.348 e. The zero-order valence-corrected chi connectivity index (χ0v) is 19.6. The molecule has 178 valence electrons. The summed E-state index contributed by atoms with van der Waals surface area (Å²) in [5.41, 5.74) is -0.273. The van der Waals surface area contributed by atoms with Gasteiger partial charge in [0.2, 0.25) is 0 Å². The van der Waals surface area contributed by atoms with Crippen molar-refractivity contribution in [3.63, 3.8) is 0 Å². The smallest absolute Gasteiger partial charge is 0.184 e. The predicted molar refractivity (Wildman–Crippen MR) is 122 cm³/mol.